The van der Waals surface area contributed by atoms with E-state index in [0.29, 0.717) is 21.7 Å². The van der Waals surface area contributed by atoms with E-state index in [2.05, 4.69) is 0 Å². The van der Waals surface area contributed by atoms with Crippen LogP contribution < -0.4 is 0 Å². The molecule has 0 spiro atoms. The van der Waals surface area contributed by atoms with Crippen molar-refractivity contribution >= 4 is 48.2 Å². The van der Waals surface area contributed by atoms with Gasteiger partial charge in [-0.05, 0) is 28.8 Å². The van der Waals surface area contributed by atoms with Crippen LogP contribution in [0.25, 0.3) is 11.1 Å². The number of halogens is 5. The normalized spacial score (nSPS) is 13.3. The molecule has 0 fully saturated rings. The molecule has 0 saturated carbocycles. The van der Waals surface area contributed by atoms with Crippen molar-refractivity contribution < 1.29 is 27.9 Å². The van der Waals surface area contributed by atoms with E-state index in [0.717, 1.165) is 12.1 Å². The molecule has 4 nitrogen and oxygen atoms in total. The lowest BCUT2D eigenvalue weighted by Gasteiger charge is -2.25. The van der Waals surface area contributed by atoms with Crippen LogP contribution in [0.4, 0.5) is 8.78 Å². The van der Waals surface area contributed by atoms with Gasteiger partial charge in [-0.2, -0.15) is 0 Å². The maximum Gasteiger partial charge on any atom is 0.375 e. The number of hydrogen-bond acceptors (Lipinski definition) is 2. The van der Waals surface area contributed by atoms with Gasteiger partial charge >= 0.3 is 7.60 Å². The number of ketones is 1. The number of Topliss-reactive ketones (excluding diaryl/α,β-unsaturated/α-hetero) is 1. The van der Waals surface area contributed by atoms with Crippen molar-refractivity contribution in [2.75, 3.05) is 0 Å². The lowest BCUT2D eigenvalue weighted by atomic mass is 9.95. The van der Waals surface area contributed by atoms with E-state index < -0.39 is 30.2 Å². The number of carbonyl (C=O) groups excluding carboxylic acids is 1. The number of alkyl halides is 1. The van der Waals surface area contributed by atoms with Crippen molar-refractivity contribution in [3.05, 3.63) is 128 Å². The summed E-state index contributed by atoms with van der Waals surface area (Å²) in [5.41, 5.74) is 0.593. The fraction of sp³-hybridized carbons (Fsp3) is 0.0741. The zero-order chi connectivity index (χ0) is 27.0. The third kappa shape index (κ3) is 5.37. The maximum atomic E-state index is 15.9. The van der Waals surface area contributed by atoms with E-state index in [1.54, 1.807) is 24.3 Å². The first-order valence-corrected chi connectivity index (χ1v) is 13.5. The van der Waals surface area contributed by atoms with Gasteiger partial charge < -0.3 is 9.79 Å². The average Bonchev–Trinajstić information content (AvgIpc) is 2.87. The van der Waals surface area contributed by atoms with E-state index in [9.17, 15) is 19.1 Å². The van der Waals surface area contributed by atoms with Gasteiger partial charge in [0.1, 0.15) is 5.82 Å². The molecule has 10 heteroatoms. The van der Waals surface area contributed by atoms with Gasteiger partial charge in [-0.15, -0.1) is 0 Å². The summed E-state index contributed by atoms with van der Waals surface area (Å²) >= 11 is 18.3. The highest BCUT2D eigenvalue weighted by atomic mass is 35.5. The van der Waals surface area contributed by atoms with E-state index in [1.165, 1.54) is 48.5 Å². The van der Waals surface area contributed by atoms with Crippen LogP contribution in [-0.2, 0) is 16.4 Å². The van der Waals surface area contributed by atoms with Gasteiger partial charge in [0.15, 0.2) is 0 Å². The Bertz CT molecular complexity index is 1530. The molecular formula is C27H18Cl3F2O4P. The summed E-state index contributed by atoms with van der Waals surface area (Å²) in [6.45, 7) is 0. The summed E-state index contributed by atoms with van der Waals surface area (Å²) in [5.74, 6) is -1.94. The van der Waals surface area contributed by atoms with Gasteiger partial charge in [0, 0.05) is 28.1 Å². The van der Waals surface area contributed by atoms with Crippen molar-refractivity contribution in [2.45, 2.75) is 11.8 Å². The Morgan fingerprint density at radius 2 is 1.43 bits per heavy atom. The molecule has 37 heavy (non-hydrogen) atoms. The van der Waals surface area contributed by atoms with E-state index in [-0.39, 0.29) is 27.6 Å². The second-order valence-corrected chi connectivity index (χ2v) is 11.2. The zero-order valence-corrected chi connectivity index (χ0v) is 22.0. The quantitative estimate of drug-likeness (QED) is 0.131. The largest absolute Gasteiger partial charge is 0.375 e. The third-order valence-corrected chi connectivity index (χ3v) is 8.20. The minimum Gasteiger partial charge on any atom is -0.322 e. The molecule has 0 saturated heterocycles. The van der Waals surface area contributed by atoms with Crippen LogP contribution in [0.2, 0.25) is 15.1 Å². The van der Waals surface area contributed by atoms with Gasteiger partial charge in [0.05, 0.1) is 10.0 Å². The average molecular weight is 582 g/mol. The lowest BCUT2D eigenvalue weighted by molar-refractivity contribution is 0.0781. The van der Waals surface area contributed by atoms with E-state index in [1.807, 2.05) is 0 Å². The topological polar surface area (TPSA) is 74.6 Å². The van der Waals surface area contributed by atoms with E-state index in [4.69, 9.17) is 34.8 Å². The number of hydrogen-bond donors (Lipinski definition) is 2. The summed E-state index contributed by atoms with van der Waals surface area (Å²) in [7, 11) is -5.61. The zero-order valence-electron chi connectivity index (χ0n) is 18.8. The Kier molecular flexibility index (Phi) is 7.91. The van der Waals surface area contributed by atoms with Crippen molar-refractivity contribution in [2.24, 2.45) is 0 Å². The summed E-state index contributed by atoms with van der Waals surface area (Å²) < 4.78 is 43.6. The molecule has 0 aliphatic heterocycles. The standard InChI is InChI=1S/C27H18Cl3F2O4P/c28-22-15-24(30)23(29)14-19(22)13-18-7-4-8-21(25(18)31)16-9-11-20(12-10-16)27(32,37(34,35)36)26(33)17-5-2-1-3-6-17/h1-12,14-15H,13H2,(H2,34,35,36). The molecule has 4 aromatic carbocycles. The number of carbonyl (C=O) groups is 1. The van der Waals surface area contributed by atoms with Gasteiger partial charge in [0.25, 0.3) is 5.41 Å². The van der Waals surface area contributed by atoms with Crippen molar-refractivity contribution in [1.29, 1.82) is 0 Å². The second-order valence-electron chi connectivity index (χ2n) is 8.25. The van der Waals surface area contributed by atoms with Gasteiger partial charge in [-0.1, -0.05) is 108 Å². The van der Waals surface area contributed by atoms with Crippen LogP contribution in [0.1, 0.15) is 27.0 Å². The first-order chi connectivity index (χ1) is 17.4. The Labute approximate surface area is 226 Å². The molecule has 0 amide bonds. The molecule has 0 aliphatic carbocycles. The van der Waals surface area contributed by atoms with Crippen LogP contribution in [0.15, 0.2) is 84.9 Å². The fourth-order valence-corrected chi connectivity index (χ4v) is 5.44. The van der Waals surface area contributed by atoms with Crippen molar-refractivity contribution in [3.63, 3.8) is 0 Å². The number of benzene rings is 4. The van der Waals surface area contributed by atoms with Crippen LogP contribution in [-0.4, -0.2) is 15.6 Å². The molecule has 1 atom stereocenters. The summed E-state index contributed by atoms with van der Waals surface area (Å²) in [6.07, 6.45) is 0.116. The molecule has 2 N–H and O–H groups in total. The third-order valence-electron chi connectivity index (χ3n) is 5.87. The molecular weight excluding hydrogens is 564 g/mol. The predicted molar refractivity (Wildman–Crippen MR) is 142 cm³/mol. The Morgan fingerprint density at radius 1 is 0.811 bits per heavy atom. The first kappa shape index (κ1) is 27.5. The maximum absolute atomic E-state index is 15.9. The molecule has 0 bridgehead atoms. The highest BCUT2D eigenvalue weighted by Crippen LogP contribution is 2.59. The summed E-state index contributed by atoms with van der Waals surface area (Å²) in [6, 6.07) is 19.5. The van der Waals surface area contributed by atoms with Gasteiger partial charge in [-0.3, -0.25) is 9.36 Å². The predicted octanol–water partition coefficient (Wildman–Crippen LogP) is 8.23. The van der Waals surface area contributed by atoms with Gasteiger partial charge in [0.2, 0.25) is 5.78 Å². The Hall–Kier alpha value is -2.57. The smallest absolute Gasteiger partial charge is 0.322 e. The van der Waals surface area contributed by atoms with Crippen molar-refractivity contribution in [3.8, 4) is 11.1 Å². The molecule has 1 unspecified atom stereocenters. The monoisotopic (exact) mass is 580 g/mol. The SMILES string of the molecule is O=C(c1ccccc1)C(F)(c1ccc(-c2cccc(Cc3cc(Cl)c(Cl)cc3Cl)c2F)cc1)P(=O)(O)O. The van der Waals surface area contributed by atoms with Crippen LogP contribution in [0.3, 0.4) is 0 Å². The summed E-state index contributed by atoms with van der Waals surface area (Å²) in [4.78, 5) is 32.5. The van der Waals surface area contributed by atoms with Crippen LogP contribution >= 0.6 is 42.4 Å². The fourth-order valence-electron chi connectivity index (χ4n) is 3.93. The highest BCUT2D eigenvalue weighted by molar-refractivity contribution is 7.54. The van der Waals surface area contributed by atoms with Crippen molar-refractivity contribution in [1.82, 2.24) is 0 Å². The Morgan fingerprint density at radius 3 is 2.05 bits per heavy atom. The molecule has 0 radical (unpaired) electrons. The molecule has 0 aliphatic rings. The minimum absolute atomic E-state index is 0.116. The van der Waals surface area contributed by atoms with Crippen LogP contribution in [0.5, 0.6) is 0 Å². The summed E-state index contributed by atoms with van der Waals surface area (Å²) in [5, 5.41) is -2.74. The first-order valence-electron chi connectivity index (χ1n) is 10.8. The highest BCUT2D eigenvalue weighted by Gasteiger charge is 2.56. The molecule has 4 aromatic rings. The second kappa shape index (κ2) is 10.7. The lowest BCUT2D eigenvalue weighted by Crippen LogP contribution is -2.31. The van der Waals surface area contributed by atoms with E-state index >= 15 is 8.78 Å². The number of rotatable bonds is 7. The molecule has 4 rings (SSSR count). The van der Waals surface area contributed by atoms with Crippen LogP contribution in [0, 0.1) is 5.82 Å². The minimum atomic E-state index is -5.61. The molecule has 0 heterocycles. The molecule has 0 aromatic heterocycles. The molecule has 190 valence electrons. The Balaban J connectivity index is 1.71. The van der Waals surface area contributed by atoms with Gasteiger partial charge in [-0.25, -0.2) is 8.78 Å².